The van der Waals surface area contributed by atoms with E-state index >= 15 is 0 Å². The molecule has 0 spiro atoms. The molecular weight excluding hydrogens is 404 g/mol. The molecule has 0 unspecified atom stereocenters. The Kier molecular flexibility index (Phi) is 6.96. The fraction of sp³-hybridized carbons (Fsp3) is 0.333. The lowest BCUT2D eigenvalue weighted by Crippen LogP contribution is -2.37. The standard InChI is InChI=1S/C21H24N4O4S/c1-14(2)15-3-6-17(7-4-15)22-21(30)23-20(26)16-5-8-18(19(13-16)25(27)28)24-9-11-29-12-10-24/h3-8,13-14H,9-12H2,1-2H3,(H2,22,23,26,30). The van der Waals surface area contributed by atoms with E-state index in [1.807, 2.05) is 29.2 Å². The Morgan fingerprint density at radius 2 is 1.83 bits per heavy atom. The van der Waals surface area contributed by atoms with Crippen molar-refractivity contribution in [3.63, 3.8) is 0 Å². The van der Waals surface area contributed by atoms with Crippen LogP contribution in [0.5, 0.6) is 0 Å². The average Bonchev–Trinajstić information content (AvgIpc) is 2.74. The van der Waals surface area contributed by atoms with Crippen molar-refractivity contribution < 1.29 is 14.5 Å². The number of carbonyl (C=O) groups excluding carboxylic acids is 1. The van der Waals surface area contributed by atoms with Crippen molar-refractivity contribution in [2.45, 2.75) is 19.8 Å². The molecule has 0 aliphatic carbocycles. The van der Waals surface area contributed by atoms with Crippen molar-refractivity contribution in [1.29, 1.82) is 0 Å². The first-order valence-corrected chi connectivity index (χ1v) is 10.1. The summed E-state index contributed by atoms with van der Waals surface area (Å²) in [5, 5.41) is 17.2. The van der Waals surface area contributed by atoms with E-state index in [0.717, 1.165) is 5.69 Å². The summed E-state index contributed by atoms with van der Waals surface area (Å²) in [4.78, 5) is 25.5. The van der Waals surface area contributed by atoms with Gasteiger partial charge in [-0.2, -0.15) is 0 Å². The topological polar surface area (TPSA) is 96.7 Å². The monoisotopic (exact) mass is 428 g/mol. The SMILES string of the molecule is CC(C)c1ccc(NC(=S)NC(=O)c2ccc(N3CCOCC3)c([N+](=O)[O-])c2)cc1. The van der Waals surface area contributed by atoms with Crippen LogP contribution in [0.15, 0.2) is 42.5 Å². The smallest absolute Gasteiger partial charge is 0.293 e. The Morgan fingerprint density at radius 1 is 1.17 bits per heavy atom. The molecule has 158 valence electrons. The third-order valence-corrected chi connectivity index (χ3v) is 5.05. The number of rotatable bonds is 5. The summed E-state index contributed by atoms with van der Waals surface area (Å²) < 4.78 is 5.30. The molecule has 0 bridgehead atoms. The number of ether oxygens (including phenoxy) is 1. The molecular formula is C21H24N4O4S. The van der Waals surface area contributed by atoms with Gasteiger partial charge in [0.25, 0.3) is 11.6 Å². The normalized spacial score (nSPS) is 13.8. The second-order valence-corrected chi connectivity index (χ2v) is 7.65. The molecule has 2 N–H and O–H groups in total. The fourth-order valence-electron chi connectivity index (χ4n) is 3.17. The van der Waals surface area contributed by atoms with Crippen LogP contribution >= 0.6 is 12.2 Å². The first kappa shape index (κ1) is 21.7. The lowest BCUT2D eigenvalue weighted by Gasteiger charge is -2.28. The summed E-state index contributed by atoms with van der Waals surface area (Å²) in [6, 6.07) is 12.2. The van der Waals surface area contributed by atoms with Crippen LogP contribution in [0.25, 0.3) is 0 Å². The molecule has 9 heteroatoms. The van der Waals surface area contributed by atoms with E-state index in [4.69, 9.17) is 17.0 Å². The van der Waals surface area contributed by atoms with Crippen LogP contribution in [0.2, 0.25) is 0 Å². The molecule has 0 atom stereocenters. The first-order chi connectivity index (χ1) is 14.3. The van der Waals surface area contributed by atoms with Gasteiger partial charge in [-0.3, -0.25) is 20.2 Å². The minimum absolute atomic E-state index is 0.118. The molecule has 3 rings (SSSR count). The zero-order valence-electron chi connectivity index (χ0n) is 16.9. The summed E-state index contributed by atoms with van der Waals surface area (Å²) in [6.07, 6.45) is 0. The van der Waals surface area contributed by atoms with Gasteiger partial charge in [-0.1, -0.05) is 26.0 Å². The van der Waals surface area contributed by atoms with Crippen molar-refractivity contribution in [2.24, 2.45) is 0 Å². The minimum atomic E-state index is -0.511. The van der Waals surface area contributed by atoms with Gasteiger partial charge >= 0.3 is 0 Å². The Morgan fingerprint density at radius 3 is 2.43 bits per heavy atom. The second kappa shape index (κ2) is 9.64. The predicted molar refractivity (Wildman–Crippen MR) is 120 cm³/mol. The quantitative estimate of drug-likeness (QED) is 0.426. The number of nitro benzene ring substituents is 1. The molecule has 30 heavy (non-hydrogen) atoms. The highest BCUT2D eigenvalue weighted by Gasteiger charge is 2.23. The number of carbonyl (C=O) groups is 1. The van der Waals surface area contributed by atoms with Crippen molar-refractivity contribution in [3.05, 3.63) is 63.7 Å². The van der Waals surface area contributed by atoms with Crippen molar-refractivity contribution >= 4 is 40.3 Å². The minimum Gasteiger partial charge on any atom is -0.378 e. The van der Waals surface area contributed by atoms with E-state index < -0.39 is 10.8 Å². The number of thiocarbonyl (C=S) groups is 1. The fourth-order valence-corrected chi connectivity index (χ4v) is 3.38. The van der Waals surface area contributed by atoms with Crippen LogP contribution in [0.1, 0.15) is 35.7 Å². The third-order valence-electron chi connectivity index (χ3n) is 4.85. The molecule has 8 nitrogen and oxygen atoms in total. The van der Waals surface area contributed by atoms with Gasteiger partial charge in [0.1, 0.15) is 5.69 Å². The van der Waals surface area contributed by atoms with Crippen LogP contribution < -0.4 is 15.5 Å². The number of amides is 1. The van der Waals surface area contributed by atoms with Gasteiger partial charge in [-0.15, -0.1) is 0 Å². The van der Waals surface area contributed by atoms with Gasteiger partial charge in [0.2, 0.25) is 0 Å². The molecule has 0 aromatic heterocycles. The Hall–Kier alpha value is -3.04. The predicted octanol–water partition coefficient (Wildman–Crippen LogP) is 3.68. The highest BCUT2D eigenvalue weighted by atomic mass is 32.1. The number of nitro groups is 1. The number of anilines is 2. The van der Waals surface area contributed by atoms with Gasteiger partial charge in [0.15, 0.2) is 5.11 Å². The van der Waals surface area contributed by atoms with Gasteiger partial charge in [0, 0.05) is 30.4 Å². The van der Waals surface area contributed by atoms with Crippen LogP contribution in [0.4, 0.5) is 17.1 Å². The van der Waals surface area contributed by atoms with Gasteiger partial charge in [0.05, 0.1) is 18.1 Å². The zero-order chi connectivity index (χ0) is 21.7. The Bertz CT molecular complexity index is 941. The van der Waals surface area contributed by atoms with Gasteiger partial charge in [-0.05, 0) is 48.0 Å². The lowest BCUT2D eigenvalue weighted by atomic mass is 10.0. The van der Waals surface area contributed by atoms with E-state index in [9.17, 15) is 14.9 Å². The molecule has 1 aliphatic heterocycles. The van der Waals surface area contributed by atoms with E-state index in [0.29, 0.717) is 37.9 Å². The largest absolute Gasteiger partial charge is 0.378 e. The number of hydrogen-bond acceptors (Lipinski definition) is 6. The molecule has 0 radical (unpaired) electrons. The highest BCUT2D eigenvalue weighted by molar-refractivity contribution is 7.80. The van der Waals surface area contributed by atoms with Gasteiger partial charge in [-0.25, -0.2) is 0 Å². The van der Waals surface area contributed by atoms with Crippen molar-refractivity contribution in [3.8, 4) is 0 Å². The van der Waals surface area contributed by atoms with E-state index in [1.165, 1.54) is 11.6 Å². The van der Waals surface area contributed by atoms with Crippen LogP contribution in [0, 0.1) is 10.1 Å². The lowest BCUT2D eigenvalue weighted by molar-refractivity contribution is -0.384. The average molecular weight is 429 g/mol. The van der Waals surface area contributed by atoms with Gasteiger partial charge < -0.3 is 15.0 Å². The molecule has 2 aromatic carbocycles. The first-order valence-electron chi connectivity index (χ1n) is 9.68. The second-order valence-electron chi connectivity index (χ2n) is 7.24. The Labute approximate surface area is 180 Å². The Balaban J connectivity index is 1.69. The van der Waals surface area contributed by atoms with E-state index in [2.05, 4.69) is 24.5 Å². The van der Waals surface area contributed by atoms with E-state index in [-0.39, 0.29) is 16.4 Å². The summed E-state index contributed by atoms with van der Waals surface area (Å²) >= 11 is 5.21. The molecule has 0 saturated carbocycles. The van der Waals surface area contributed by atoms with Crippen LogP contribution in [-0.4, -0.2) is 42.2 Å². The number of benzene rings is 2. The maximum atomic E-state index is 12.6. The summed E-state index contributed by atoms with van der Waals surface area (Å²) in [7, 11) is 0. The zero-order valence-corrected chi connectivity index (χ0v) is 17.7. The maximum Gasteiger partial charge on any atom is 0.293 e. The van der Waals surface area contributed by atoms with Crippen LogP contribution in [-0.2, 0) is 4.74 Å². The molecule has 1 amide bonds. The van der Waals surface area contributed by atoms with Crippen molar-refractivity contribution in [1.82, 2.24) is 5.32 Å². The number of morpholine rings is 1. The number of nitrogens with zero attached hydrogens (tertiary/aromatic N) is 2. The molecule has 1 heterocycles. The summed E-state index contributed by atoms with van der Waals surface area (Å²) in [6.45, 7) is 6.37. The number of hydrogen-bond donors (Lipinski definition) is 2. The van der Waals surface area contributed by atoms with Crippen LogP contribution in [0.3, 0.4) is 0 Å². The number of nitrogens with one attached hydrogen (secondary N) is 2. The maximum absolute atomic E-state index is 12.6. The van der Waals surface area contributed by atoms with E-state index in [1.54, 1.807) is 12.1 Å². The molecule has 1 aliphatic rings. The molecule has 2 aromatic rings. The summed E-state index contributed by atoms with van der Waals surface area (Å²) in [5.74, 6) is -0.0927. The summed E-state index contributed by atoms with van der Waals surface area (Å²) in [5.41, 5.74) is 2.47. The third kappa shape index (κ3) is 5.31. The van der Waals surface area contributed by atoms with Crippen molar-refractivity contribution in [2.75, 3.05) is 36.5 Å². The highest BCUT2D eigenvalue weighted by Crippen LogP contribution is 2.30. The molecule has 1 saturated heterocycles. The molecule has 1 fully saturated rings.